The Morgan fingerprint density at radius 3 is 2.72 bits per heavy atom. The molecule has 0 unspecified atom stereocenters. The Hall–Kier alpha value is -2.35. The highest BCUT2D eigenvalue weighted by atomic mass is 32.2. The maximum absolute atomic E-state index is 12.2. The van der Waals surface area contributed by atoms with E-state index < -0.39 is 0 Å². The minimum Gasteiger partial charge on any atom is -0.336 e. The molecule has 0 spiro atoms. The first-order chi connectivity index (χ1) is 12.1. The normalized spacial score (nSPS) is 15.3. The van der Waals surface area contributed by atoms with Crippen molar-refractivity contribution < 1.29 is 9.59 Å². The van der Waals surface area contributed by atoms with E-state index in [1.54, 1.807) is 0 Å². The molecule has 2 heterocycles. The van der Waals surface area contributed by atoms with Gasteiger partial charge in [0.05, 0.1) is 5.75 Å². The molecule has 1 atom stereocenters. The minimum atomic E-state index is -0.320. The van der Waals surface area contributed by atoms with Gasteiger partial charge in [0.1, 0.15) is 0 Å². The van der Waals surface area contributed by atoms with E-state index in [1.807, 2.05) is 30.3 Å². The summed E-state index contributed by atoms with van der Waals surface area (Å²) >= 11 is 1.32. The summed E-state index contributed by atoms with van der Waals surface area (Å²) in [6.07, 6.45) is 0.925. The minimum absolute atomic E-state index is 0.163. The molecule has 1 N–H and O–H groups in total. The van der Waals surface area contributed by atoms with Gasteiger partial charge in [-0.05, 0) is 13.3 Å². The molecule has 132 valence electrons. The predicted molar refractivity (Wildman–Crippen MR) is 96.3 cm³/mol. The third-order valence-corrected chi connectivity index (χ3v) is 5.14. The number of nitrogens with one attached hydrogen (secondary N) is 1. The number of hydrogen-bond acceptors (Lipinski definition) is 5. The molecule has 0 saturated carbocycles. The molecule has 1 aliphatic rings. The molecule has 7 nitrogen and oxygen atoms in total. The molecular weight excluding hydrogens is 338 g/mol. The van der Waals surface area contributed by atoms with Crippen molar-refractivity contribution in [3.8, 4) is 11.4 Å². The van der Waals surface area contributed by atoms with Crippen LogP contribution in [0, 0.1) is 0 Å². The van der Waals surface area contributed by atoms with Gasteiger partial charge < -0.3 is 5.32 Å². The molecule has 25 heavy (non-hydrogen) atoms. The molecule has 1 saturated heterocycles. The third kappa shape index (κ3) is 3.68. The zero-order valence-electron chi connectivity index (χ0n) is 14.3. The van der Waals surface area contributed by atoms with E-state index >= 15 is 0 Å². The predicted octanol–water partition coefficient (Wildman–Crippen LogP) is 2.56. The average Bonchev–Trinajstić information content (AvgIpc) is 3.26. The Labute approximate surface area is 150 Å². The highest BCUT2D eigenvalue weighted by Crippen LogP contribution is 2.29. The molecule has 0 aliphatic carbocycles. The first-order valence-electron chi connectivity index (χ1n) is 8.33. The number of aromatic nitrogens is 3. The van der Waals surface area contributed by atoms with Crippen molar-refractivity contribution in [1.82, 2.24) is 25.0 Å². The first kappa shape index (κ1) is 17.5. The van der Waals surface area contributed by atoms with E-state index in [9.17, 15) is 9.59 Å². The fourth-order valence-electron chi connectivity index (χ4n) is 2.65. The molecule has 1 aromatic heterocycles. The van der Waals surface area contributed by atoms with Crippen LogP contribution in [0.25, 0.3) is 11.4 Å². The van der Waals surface area contributed by atoms with Crippen LogP contribution in [0.1, 0.15) is 26.3 Å². The van der Waals surface area contributed by atoms with Gasteiger partial charge in [-0.25, -0.2) is 4.79 Å². The van der Waals surface area contributed by atoms with Crippen molar-refractivity contribution in [2.45, 2.75) is 31.5 Å². The Balaban J connectivity index is 1.80. The zero-order chi connectivity index (χ0) is 17.8. The summed E-state index contributed by atoms with van der Waals surface area (Å²) in [5, 5.41) is 11.9. The number of imide groups is 1. The van der Waals surface area contributed by atoms with Crippen molar-refractivity contribution >= 4 is 23.7 Å². The van der Waals surface area contributed by atoms with Crippen LogP contribution in [0.4, 0.5) is 4.79 Å². The lowest BCUT2D eigenvalue weighted by Gasteiger charge is -2.17. The maximum Gasteiger partial charge on any atom is 0.324 e. The van der Waals surface area contributed by atoms with E-state index in [4.69, 9.17) is 0 Å². The molecule has 3 amide bonds. The van der Waals surface area contributed by atoms with Crippen molar-refractivity contribution in [2.75, 3.05) is 18.8 Å². The van der Waals surface area contributed by atoms with Gasteiger partial charge >= 0.3 is 6.03 Å². The highest BCUT2D eigenvalue weighted by molar-refractivity contribution is 7.99. The van der Waals surface area contributed by atoms with E-state index in [0.717, 1.165) is 17.8 Å². The second kappa shape index (κ2) is 7.69. The van der Waals surface area contributed by atoms with Gasteiger partial charge in [0.15, 0.2) is 11.0 Å². The van der Waals surface area contributed by atoms with Crippen molar-refractivity contribution in [3.05, 3.63) is 30.3 Å². The van der Waals surface area contributed by atoms with Crippen LogP contribution in [0.5, 0.6) is 0 Å². The van der Waals surface area contributed by atoms with Gasteiger partial charge in [-0.3, -0.25) is 14.3 Å². The second-order valence-corrected chi connectivity index (χ2v) is 6.81. The molecule has 0 radical (unpaired) electrons. The largest absolute Gasteiger partial charge is 0.336 e. The number of urea groups is 1. The van der Waals surface area contributed by atoms with Crippen LogP contribution in [-0.2, 0) is 4.79 Å². The summed E-state index contributed by atoms with van der Waals surface area (Å²) in [7, 11) is 0. The van der Waals surface area contributed by atoms with Crippen molar-refractivity contribution in [2.24, 2.45) is 0 Å². The Morgan fingerprint density at radius 1 is 1.32 bits per heavy atom. The first-order valence-corrected chi connectivity index (χ1v) is 9.31. The van der Waals surface area contributed by atoms with E-state index in [-0.39, 0.29) is 23.7 Å². The van der Waals surface area contributed by atoms with Crippen LogP contribution in [-0.4, -0.2) is 50.4 Å². The SMILES string of the molecule is CC[C@H](C)n1c(SCC(=O)N2CCNC2=O)nnc1-c1ccccc1. The molecule has 0 bridgehead atoms. The van der Waals surface area contributed by atoms with Gasteiger partial charge in [0.2, 0.25) is 5.91 Å². The Bertz CT molecular complexity index is 762. The van der Waals surface area contributed by atoms with E-state index in [1.165, 1.54) is 16.7 Å². The lowest BCUT2D eigenvalue weighted by Crippen LogP contribution is -2.35. The lowest BCUT2D eigenvalue weighted by atomic mass is 10.2. The topological polar surface area (TPSA) is 80.1 Å². The van der Waals surface area contributed by atoms with Crippen LogP contribution in [0.3, 0.4) is 0 Å². The monoisotopic (exact) mass is 359 g/mol. The zero-order valence-corrected chi connectivity index (χ0v) is 15.1. The summed E-state index contributed by atoms with van der Waals surface area (Å²) in [4.78, 5) is 25.1. The molecular formula is C17H21N5O2S. The fourth-order valence-corrected chi connectivity index (χ4v) is 3.57. The number of benzene rings is 1. The van der Waals surface area contributed by atoms with Crippen LogP contribution in [0.15, 0.2) is 35.5 Å². The number of hydrogen-bond donors (Lipinski definition) is 1. The molecule has 1 aromatic carbocycles. The van der Waals surface area contributed by atoms with Gasteiger partial charge in [-0.15, -0.1) is 10.2 Å². The summed E-state index contributed by atoms with van der Waals surface area (Å²) in [5.74, 6) is 0.750. The van der Waals surface area contributed by atoms with E-state index in [2.05, 4.69) is 33.9 Å². The standard InChI is InChI=1S/C17H21N5O2S/c1-3-12(2)22-15(13-7-5-4-6-8-13)19-20-17(22)25-11-14(23)21-10-9-18-16(21)24/h4-8,12H,3,9-11H2,1-2H3,(H,18,24)/t12-/m0/s1. The average molecular weight is 359 g/mol. The van der Waals surface area contributed by atoms with Crippen LogP contribution in [0.2, 0.25) is 0 Å². The number of carbonyl (C=O) groups excluding carboxylic acids is 2. The molecule has 1 fully saturated rings. The molecule has 3 rings (SSSR count). The summed E-state index contributed by atoms with van der Waals surface area (Å²) in [5.41, 5.74) is 0.993. The van der Waals surface area contributed by atoms with Gasteiger partial charge in [0.25, 0.3) is 0 Å². The summed E-state index contributed by atoms with van der Waals surface area (Å²) in [6, 6.07) is 9.77. The highest BCUT2D eigenvalue weighted by Gasteiger charge is 2.27. The Kier molecular flexibility index (Phi) is 5.37. The van der Waals surface area contributed by atoms with Crippen LogP contribution >= 0.6 is 11.8 Å². The number of carbonyl (C=O) groups is 2. The van der Waals surface area contributed by atoms with E-state index in [0.29, 0.717) is 18.2 Å². The van der Waals surface area contributed by atoms with Gasteiger partial charge in [-0.2, -0.15) is 0 Å². The smallest absolute Gasteiger partial charge is 0.324 e. The quantitative estimate of drug-likeness (QED) is 0.802. The summed E-state index contributed by atoms with van der Waals surface area (Å²) < 4.78 is 2.07. The van der Waals surface area contributed by atoms with Crippen molar-refractivity contribution in [3.63, 3.8) is 0 Å². The number of thioether (sulfide) groups is 1. The maximum atomic E-state index is 12.2. The number of rotatable bonds is 6. The number of amides is 3. The summed E-state index contributed by atoms with van der Waals surface area (Å²) in [6.45, 7) is 5.14. The Morgan fingerprint density at radius 2 is 2.08 bits per heavy atom. The molecule has 1 aliphatic heterocycles. The van der Waals surface area contributed by atoms with Gasteiger partial charge in [-0.1, -0.05) is 49.0 Å². The second-order valence-electron chi connectivity index (χ2n) is 5.87. The fraction of sp³-hybridized carbons (Fsp3) is 0.412. The third-order valence-electron chi connectivity index (χ3n) is 4.21. The van der Waals surface area contributed by atoms with Crippen molar-refractivity contribution in [1.29, 1.82) is 0 Å². The van der Waals surface area contributed by atoms with Gasteiger partial charge in [0, 0.05) is 24.7 Å². The number of nitrogens with zero attached hydrogens (tertiary/aromatic N) is 4. The lowest BCUT2D eigenvalue weighted by molar-refractivity contribution is -0.124. The molecule has 8 heteroatoms. The van der Waals surface area contributed by atoms with Crippen LogP contribution < -0.4 is 5.32 Å². The molecule has 2 aromatic rings.